The molecule has 1 aliphatic rings. The van der Waals surface area contributed by atoms with Crippen LogP contribution in [0.2, 0.25) is 0 Å². The molecule has 0 heterocycles. The maximum absolute atomic E-state index is 13.5. The molecule has 4 rings (SSSR count). The normalized spacial score (nSPS) is 13.5. The molecule has 0 spiro atoms. The van der Waals surface area contributed by atoms with Gasteiger partial charge in [-0.15, -0.1) is 0 Å². The number of carbonyl (C=O) groups excluding carboxylic acids is 1. The molecule has 0 saturated heterocycles. The fourth-order valence-corrected chi connectivity index (χ4v) is 4.12. The Kier molecular flexibility index (Phi) is 4.43. The number of nitro groups is 1. The highest BCUT2D eigenvalue weighted by atomic mass is 16.6. The van der Waals surface area contributed by atoms with E-state index in [1.165, 1.54) is 24.3 Å². The first-order chi connectivity index (χ1) is 13.6. The summed E-state index contributed by atoms with van der Waals surface area (Å²) in [5.41, 5.74) is 3.07. The molecule has 140 valence electrons. The average Bonchev–Trinajstić information content (AvgIpc) is 3.00. The summed E-state index contributed by atoms with van der Waals surface area (Å²) in [6.07, 6.45) is 1.42. The fraction of sp³-hybridized carbons (Fsp3) is 0.174. The van der Waals surface area contributed by atoms with Crippen LogP contribution in [0.25, 0.3) is 11.1 Å². The molecule has 0 atom stereocenters. The molecule has 28 heavy (non-hydrogen) atoms. The molecule has 0 unspecified atom stereocenters. The number of nitro benzene ring substituents is 1. The van der Waals surface area contributed by atoms with E-state index in [-0.39, 0.29) is 11.7 Å². The number of fused-ring (bicyclic) bond motifs is 3. The number of carbonyl (C=O) groups is 1. The summed E-state index contributed by atoms with van der Waals surface area (Å²) in [4.78, 5) is 23.9. The second-order valence-electron chi connectivity index (χ2n) is 6.89. The monoisotopic (exact) mass is 373 g/mol. The minimum Gasteiger partial charge on any atom is -0.426 e. The van der Waals surface area contributed by atoms with Crippen molar-refractivity contribution in [3.8, 4) is 16.9 Å². The quantitative estimate of drug-likeness (QED) is 0.264. The molecule has 3 aromatic carbocycles. The summed E-state index contributed by atoms with van der Waals surface area (Å²) in [7, 11) is 0. The highest BCUT2D eigenvalue weighted by molar-refractivity contribution is 5.98. The van der Waals surface area contributed by atoms with Crippen LogP contribution >= 0.6 is 0 Å². The molecule has 0 amide bonds. The summed E-state index contributed by atoms with van der Waals surface area (Å²) in [5, 5.41) is 10.9. The Labute approximate surface area is 162 Å². The number of esters is 1. The number of nitrogens with zero attached hydrogens (tertiary/aromatic N) is 1. The Bertz CT molecular complexity index is 1010. The van der Waals surface area contributed by atoms with Gasteiger partial charge in [0.2, 0.25) is 0 Å². The number of ether oxygens (including phenoxy) is 1. The summed E-state index contributed by atoms with van der Waals surface area (Å²) >= 11 is 0. The number of non-ortho nitro benzene ring substituents is 1. The van der Waals surface area contributed by atoms with E-state index < -0.39 is 10.3 Å². The van der Waals surface area contributed by atoms with Gasteiger partial charge >= 0.3 is 5.97 Å². The van der Waals surface area contributed by atoms with Crippen LogP contribution in [0.4, 0.5) is 5.69 Å². The van der Waals surface area contributed by atoms with Gasteiger partial charge in [-0.05, 0) is 40.8 Å². The van der Waals surface area contributed by atoms with E-state index in [0.717, 1.165) is 28.7 Å². The first kappa shape index (κ1) is 17.9. The molecule has 0 bridgehead atoms. The highest BCUT2D eigenvalue weighted by Gasteiger charge is 2.49. The molecule has 0 radical (unpaired) electrons. The standard InChI is InChI=1S/C23H19NO4/c1-2-15-23(22(25)28-17-13-11-16(12-14-17)24(26)27)20-9-5-3-7-18(20)19-8-4-6-10-21(19)23/h3-14H,2,15H2,1H3. The summed E-state index contributed by atoms with van der Waals surface area (Å²) in [5.74, 6) is -0.0615. The number of rotatable bonds is 5. The van der Waals surface area contributed by atoms with Crippen molar-refractivity contribution in [3.63, 3.8) is 0 Å². The molecule has 0 aliphatic heterocycles. The Morgan fingerprint density at radius 3 is 1.96 bits per heavy atom. The lowest BCUT2D eigenvalue weighted by Gasteiger charge is -2.29. The molecule has 0 saturated carbocycles. The molecular weight excluding hydrogens is 354 g/mol. The van der Waals surface area contributed by atoms with Gasteiger partial charge in [0.1, 0.15) is 11.2 Å². The van der Waals surface area contributed by atoms with E-state index >= 15 is 0 Å². The van der Waals surface area contributed by atoms with Gasteiger partial charge in [0.15, 0.2) is 0 Å². The van der Waals surface area contributed by atoms with Crippen LogP contribution < -0.4 is 4.74 Å². The lowest BCUT2D eigenvalue weighted by molar-refractivity contribution is -0.384. The van der Waals surface area contributed by atoms with Crippen molar-refractivity contribution in [2.45, 2.75) is 25.2 Å². The third-order valence-corrected chi connectivity index (χ3v) is 5.30. The molecule has 0 aromatic heterocycles. The minimum absolute atomic E-state index is 0.0420. The topological polar surface area (TPSA) is 69.4 Å². The predicted molar refractivity (Wildman–Crippen MR) is 106 cm³/mol. The molecule has 0 fully saturated rings. The van der Waals surface area contributed by atoms with Gasteiger partial charge in [0, 0.05) is 12.1 Å². The zero-order chi connectivity index (χ0) is 19.7. The van der Waals surface area contributed by atoms with Crippen molar-refractivity contribution >= 4 is 11.7 Å². The first-order valence-corrected chi connectivity index (χ1v) is 9.24. The predicted octanol–water partition coefficient (Wildman–Crippen LogP) is 5.27. The number of benzene rings is 3. The van der Waals surface area contributed by atoms with Crippen LogP contribution in [0, 0.1) is 10.1 Å². The Morgan fingerprint density at radius 2 is 1.46 bits per heavy atom. The maximum atomic E-state index is 13.5. The largest absolute Gasteiger partial charge is 0.426 e. The molecule has 1 aliphatic carbocycles. The second-order valence-corrected chi connectivity index (χ2v) is 6.89. The van der Waals surface area contributed by atoms with E-state index in [1.54, 1.807) is 0 Å². The van der Waals surface area contributed by atoms with Crippen molar-refractivity contribution in [2.24, 2.45) is 0 Å². The van der Waals surface area contributed by atoms with Crippen LogP contribution in [0.5, 0.6) is 5.75 Å². The van der Waals surface area contributed by atoms with Crippen LogP contribution in [-0.2, 0) is 10.2 Å². The summed E-state index contributed by atoms with van der Waals surface area (Å²) in [6, 6.07) is 21.5. The van der Waals surface area contributed by atoms with E-state index in [9.17, 15) is 14.9 Å². The first-order valence-electron chi connectivity index (χ1n) is 9.24. The lowest BCUT2D eigenvalue weighted by Crippen LogP contribution is -2.38. The third kappa shape index (κ3) is 2.67. The van der Waals surface area contributed by atoms with Gasteiger partial charge < -0.3 is 4.74 Å². The second kappa shape index (κ2) is 6.93. The number of hydrogen-bond acceptors (Lipinski definition) is 4. The molecule has 0 N–H and O–H groups in total. The Balaban J connectivity index is 1.80. The molecule has 3 aromatic rings. The van der Waals surface area contributed by atoms with Crippen molar-refractivity contribution in [1.82, 2.24) is 0 Å². The lowest BCUT2D eigenvalue weighted by atomic mass is 9.74. The average molecular weight is 373 g/mol. The minimum atomic E-state index is -0.885. The van der Waals surface area contributed by atoms with Gasteiger partial charge in [-0.25, -0.2) is 0 Å². The molecule has 5 nitrogen and oxygen atoms in total. The van der Waals surface area contributed by atoms with Gasteiger partial charge in [-0.2, -0.15) is 0 Å². The summed E-state index contributed by atoms with van der Waals surface area (Å²) < 4.78 is 5.74. The zero-order valence-corrected chi connectivity index (χ0v) is 15.4. The smallest absolute Gasteiger partial charge is 0.326 e. The summed E-state index contributed by atoms with van der Waals surface area (Å²) in [6.45, 7) is 2.05. The highest BCUT2D eigenvalue weighted by Crippen LogP contribution is 2.51. The third-order valence-electron chi connectivity index (χ3n) is 5.30. The Morgan fingerprint density at radius 1 is 0.929 bits per heavy atom. The van der Waals surface area contributed by atoms with Crippen molar-refractivity contribution in [1.29, 1.82) is 0 Å². The van der Waals surface area contributed by atoms with Gasteiger partial charge in [0.05, 0.1) is 4.92 Å². The number of hydrogen-bond donors (Lipinski definition) is 0. The van der Waals surface area contributed by atoms with Crippen LogP contribution in [0.1, 0.15) is 30.9 Å². The van der Waals surface area contributed by atoms with Gasteiger partial charge in [0.25, 0.3) is 5.69 Å². The van der Waals surface area contributed by atoms with Crippen LogP contribution in [-0.4, -0.2) is 10.9 Å². The van der Waals surface area contributed by atoms with Crippen molar-refractivity contribution in [3.05, 3.63) is 94.0 Å². The van der Waals surface area contributed by atoms with E-state index in [2.05, 4.69) is 0 Å². The Hall–Kier alpha value is -3.47. The van der Waals surface area contributed by atoms with Crippen molar-refractivity contribution in [2.75, 3.05) is 0 Å². The van der Waals surface area contributed by atoms with Crippen molar-refractivity contribution < 1.29 is 14.5 Å². The van der Waals surface area contributed by atoms with E-state index in [4.69, 9.17) is 4.74 Å². The molecular formula is C23H19NO4. The fourth-order valence-electron chi connectivity index (χ4n) is 4.12. The van der Waals surface area contributed by atoms with E-state index in [1.807, 2.05) is 55.5 Å². The van der Waals surface area contributed by atoms with Crippen LogP contribution in [0.15, 0.2) is 72.8 Å². The molecule has 5 heteroatoms. The van der Waals surface area contributed by atoms with E-state index in [0.29, 0.717) is 12.2 Å². The van der Waals surface area contributed by atoms with Gasteiger partial charge in [-0.3, -0.25) is 14.9 Å². The SMILES string of the molecule is CCCC1(C(=O)Oc2ccc([N+](=O)[O-])cc2)c2ccccc2-c2ccccc21. The van der Waals surface area contributed by atoms with Gasteiger partial charge in [-0.1, -0.05) is 61.9 Å². The maximum Gasteiger partial charge on any atom is 0.326 e. The zero-order valence-electron chi connectivity index (χ0n) is 15.4. The van der Waals surface area contributed by atoms with Crippen LogP contribution in [0.3, 0.4) is 0 Å².